The van der Waals surface area contributed by atoms with Crippen molar-refractivity contribution in [3.8, 4) is 11.5 Å². The molecule has 0 aromatic heterocycles. The molecule has 1 aliphatic heterocycles. The zero-order valence-corrected chi connectivity index (χ0v) is 15.3. The molecule has 2 aromatic rings. The van der Waals surface area contributed by atoms with Crippen LogP contribution in [0.1, 0.15) is 28.9 Å². The van der Waals surface area contributed by atoms with Crippen LogP contribution in [0.25, 0.3) is 0 Å². The zero-order chi connectivity index (χ0) is 19.4. The third-order valence-electron chi connectivity index (χ3n) is 4.46. The summed E-state index contributed by atoms with van der Waals surface area (Å²) in [5, 5.41) is 5.46. The smallest absolute Gasteiger partial charge is 0.319 e. The van der Waals surface area contributed by atoms with Crippen LogP contribution in [-0.2, 0) is 0 Å². The van der Waals surface area contributed by atoms with Gasteiger partial charge in [0.15, 0.2) is 17.3 Å². The maximum absolute atomic E-state index is 13.1. The molecule has 0 radical (unpaired) electrons. The van der Waals surface area contributed by atoms with Gasteiger partial charge in [-0.3, -0.25) is 4.79 Å². The van der Waals surface area contributed by atoms with Crippen LogP contribution in [0.5, 0.6) is 11.5 Å². The van der Waals surface area contributed by atoms with Crippen molar-refractivity contribution in [2.24, 2.45) is 5.92 Å². The fraction of sp³-hybridized carbons (Fsp3) is 0.238. The third-order valence-corrected chi connectivity index (χ3v) is 4.46. The number of ketones is 1. The first-order valence-electron chi connectivity index (χ1n) is 8.71. The van der Waals surface area contributed by atoms with Gasteiger partial charge in [-0.25, -0.2) is 4.79 Å². The van der Waals surface area contributed by atoms with Crippen molar-refractivity contribution in [2.45, 2.75) is 13.0 Å². The SMILES string of the molecule is C=C1NC(=O)N[C@H](c2ccc(OCC)c(OC)c2)[C@@H]1C(=O)c1ccccc1. The standard InChI is InChI=1S/C21H22N2O4/c1-4-27-16-11-10-15(12-17(16)26-3)19-18(13(2)22-21(25)23-19)20(24)14-8-6-5-7-9-14/h5-12,18-19H,2,4H2,1,3H3,(H2,22,23,25)/t18-,19-/m1/s1. The highest BCUT2D eigenvalue weighted by Crippen LogP contribution is 2.36. The number of carbonyl (C=O) groups excluding carboxylic acids is 2. The van der Waals surface area contributed by atoms with Crippen molar-refractivity contribution in [3.63, 3.8) is 0 Å². The molecule has 2 atom stereocenters. The van der Waals surface area contributed by atoms with Gasteiger partial charge in [0, 0.05) is 11.3 Å². The van der Waals surface area contributed by atoms with Crippen LogP contribution in [-0.4, -0.2) is 25.5 Å². The van der Waals surface area contributed by atoms with Gasteiger partial charge in [-0.1, -0.05) is 43.0 Å². The summed E-state index contributed by atoms with van der Waals surface area (Å²) >= 11 is 0. The van der Waals surface area contributed by atoms with Gasteiger partial charge in [0.25, 0.3) is 0 Å². The highest BCUT2D eigenvalue weighted by atomic mass is 16.5. The monoisotopic (exact) mass is 366 g/mol. The zero-order valence-electron chi connectivity index (χ0n) is 15.3. The number of hydrogen-bond donors (Lipinski definition) is 2. The first-order chi connectivity index (χ1) is 13.0. The number of methoxy groups -OCH3 is 1. The summed E-state index contributed by atoms with van der Waals surface area (Å²) < 4.78 is 10.9. The molecular formula is C21H22N2O4. The van der Waals surface area contributed by atoms with Gasteiger partial charge in [-0.05, 0) is 24.6 Å². The van der Waals surface area contributed by atoms with Crippen molar-refractivity contribution >= 4 is 11.8 Å². The summed E-state index contributed by atoms with van der Waals surface area (Å²) in [7, 11) is 1.55. The summed E-state index contributed by atoms with van der Waals surface area (Å²) in [5.74, 6) is 0.381. The van der Waals surface area contributed by atoms with E-state index in [0.717, 1.165) is 5.56 Å². The Morgan fingerprint density at radius 1 is 1.15 bits per heavy atom. The first kappa shape index (κ1) is 18.5. The molecule has 6 nitrogen and oxygen atoms in total. The van der Waals surface area contributed by atoms with Crippen molar-refractivity contribution in [3.05, 3.63) is 71.9 Å². The first-order valence-corrected chi connectivity index (χ1v) is 8.71. The van der Waals surface area contributed by atoms with Gasteiger partial charge in [0.1, 0.15) is 0 Å². The molecule has 0 spiro atoms. The van der Waals surface area contributed by atoms with E-state index in [1.807, 2.05) is 19.1 Å². The maximum Gasteiger partial charge on any atom is 0.319 e. The summed E-state index contributed by atoms with van der Waals surface area (Å²) in [6.45, 7) is 6.30. The van der Waals surface area contributed by atoms with Gasteiger partial charge < -0.3 is 20.1 Å². The average molecular weight is 366 g/mol. The number of rotatable bonds is 6. The Balaban J connectivity index is 2.00. The molecule has 2 N–H and O–H groups in total. The number of Topliss-reactive ketones (excluding diaryl/α,β-unsaturated/α-hetero) is 1. The second-order valence-electron chi connectivity index (χ2n) is 6.15. The Morgan fingerprint density at radius 3 is 2.56 bits per heavy atom. The Labute approximate surface area is 158 Å². The molecule has 1 heterocycles. The summed E-state index contributed by atoms with van der Waals surface area (Å²) in [6, 6.07) is 13.4. The molecule has 0 aliphatic carbocycles. The lowest BCUT2D eigenvalue weighted by molar-refractivity contribution is 0.0905. The third kappa shape index (κ3) is 3.79. The van der Waals surface area contributed by atoms with E-state index in [0.29, 0.717) is 29.4 Å². The van der Waals surface area contributed by atoms with Crippen LogP contribution in [0.3, 0.4) is 0 Å². The van der Waals surface area contributed by atoms with E-state index < -0.39 is 18.0 Å². The molecule has 6 heteroatoms. The molecular weight excluding hydrogens is 344 g/mol. The van der Waals surface area contributed by atoms with Gasteiger partial charge in [0.2, 0.25) is 0 Å². The van der Waals surface area contributed by atoms with Gasteiger partial charge in [-0.15, -0.1) is 0 Å². The minimum Gasteiger partial charge on any atom is -0.493 e. The molecule has 1 fully saturated rings. The summed E-state index contributed by atoms with van der Waals surface area (Å²) in [4.78, 5) is 25.2. The second-order valence-corrected chi connectivity index (χ2v) is 6.15. The number of ether oxygens (including phenoxy) is 2. The van der Waals surface area contributed by atoms with Crippen molar-refractivity contribution < 1.29 is 19.1 Å². The van der Waals surface area contributed by atoms with Crippen LogP contribution in [0, 0.1) is 5.92 Å². The summed E-state index contributed by atoms with van der Waals surface area (Å²) in [6.07, 6.45) is 0. The lowest BCUT2D eigenvalue weighted by atomic mass is 9.83. The molecule has 0 bridgehead atoms. The Morgan fingerprint density at radius 2 is 1.89 bits per heavy atom. The van der Waals surface area contributed by atoms with E-state index in [1.165, 1.54) is 0 Å². The van der Waals surface area contributed by atoms with Crippen LogP contribution in [0.4, 0.5) is 4.79 Å². The second kappa shape index (κ2) is 7.95. The maximum atomic E-state index is 13.1. The number of nitrogens with one attached hydrogen (secondary N) is 2. The molecule has 27 heavy (non-hydrogen) atoms. The minimum atomic E-state index is -0.646. The number of hydrogen-bond acceptors (Lipinski definition) is 4. The van der Waals surface area contributed by atoms with Crippen LogP contribution < -0.4 is 20.1 Å². The van der Waals surface area contributed by atoms with E-state index in [-0.39, 0.29) is 5.78 Å². The highest BCUT2D eigenvalue weighted by molar-refractivity contribution is 6.01. The van der Waals surface area contributed by atoms with E-state index in [4.69, 9.17) is 9.47 Å². The van der Waals surface area contributed by atoms with Gasteiger partial charge in [0.05, 0.1) is 25.7 Å². The molecule has 1 aliphatic rings. The lowest BCUT2D eigenvalue weighted by Crippen LogP contribution is -2.50. The molecule has 0 unspecified atom stereocenters. The minimum absolute atomic E-state index is 0.119. The topological polar surface area (TPSA) is 76.7 Å². The van der Waals surface area contributed by atoms with E-state index in [2.05, 4.69) is 17.2 Å². The van der Waals surface area contributed by atoms with Crippen LogP contribution in [0.15, 0.2) is 60.8 Å². The van der Waals surface area contributed by atoms with Gasteiger partial charge in [-0.2, -0.15) is 0 Å². The van der Waals surface area contributed by atoms with Crippen molar-refractivity contribution in [1.29, 1.82) is 0 Å². The van der Waals surface area contributed by atoms with Gasteiger partial charge >= 0.3 is 6.03 Å². The molecule has 0 saturated carbocycles. The normalized spacial score (nSPS) is 19.0. The molecule has 140 valence electrons. The predicted octanol–water partition coefficient (Wildman–Crippen LogP) is 3.46. The van der Waals surface area contributed by atoms with E-state index in [1.54, 1.807) is 43.5 Å². The van der Waals surface area contributed by atoms with Crippen LogP contribution >= 0.6 is 0 Å². The average Bonchev–Trinajstić information content (AvgIpc) is 2.68. The number of amides is 2. The molecule has 1 saturated heterocycles. The quantitative estimate of drug-likeness (QED) is 0.768. The van der Waals surface area contributed by atoms with E-state index >= 15 is 0 Å². The Kier molecular flexibility index (Phi) is 5.45. The number of benzene rings is 2. The fourth-order valence-electron chi connectivity index (χ4n) is 3.21. The molecule has 2 amide bonds. The lowest BCUT2D eigenvalue weighted by Gasteiger charge is -2.34. The van der Waals surface area contributed by atoms with Crippen LogP contribution in [0.2, 0.25) is 0 Å². The number of urea groups is 1. The Bertz CT molecular complexity index is 864. The Hall–Kier alpha value is -3.28. The fourth-order valence-corrected chi connectivity index (χ4v) is 3.21. The molecule has 2 aromatic carbocycles. The van der Waals surface area contributed by atoms with E-state index in [9.17, 15) is 9.59 Å². The molecule has 3 rings (SSSR count). The number of carbonyl (C=O) groups is 2. The van der Waals surface area contributed by atoms with Crippen molar-refractivity contribution in [2.75, 3.05) is 13.7 Å². The van der Waals surface area contributed by atoms with Crippen molar-refractivity contribution in [1.82, 2.24) is 10.6 Å². The largest absolute Gasteiger partial charge is 0.493 e. The summed E-state index contributed by atoms with van der Waals surface area (Å²) in [5.41, 5.74) is 1.66. The predicted molar refractivity (Wildman–Crippen MR) is 102 cm³/mol. The highest BCUT2D eigenvalue weighted by Gasteiger charge is 2.38.